The summed E-state index contributed by atoms with van der Waals surface area (Å²) in [5.41, 5.74) is 7.25. The number of benzene rings is 1. The second-order valence-electron chi connectivity index (χ2n) is 3.42. The molecule has 6 nitrogen and oxygen atoms in total. The zero-order valence-corrected chi connectivity index (χ0v) is 9.12. The van der Waals surface area contributed by atoms with Crippen LogP contribution >= 0.6 is 0 Å². The van der Waals surface area contributed by atoms with E-state index < -0.39 is 0 Å². The lowest BCUT2D eigenvalue weighted by Crippen LogP contribution is -2.01. The number of anilines is 1. The summed E-state index contributed by atoms with van der Waals surface area (Å²) >= 11 is 0. The van der Waals surface area contributed by atoms with E-state index in [0.717, 1.165) is 0 Å². The maximum Gasteiger partial charge on any atom is 0.177 e. The summed E-state index contributed by atoms with van der Waals surface area (Å²) < 4.78 is 1.43. The van der Waals surface area contributed by atoms with Gasteiger partial charge in [-0.15, -0.1) is 0 Å². The molecule has 0 radical (unpaired) electrons. The lowest BCUT2D eigenvalue weighted by atomic mass is 10.2. The van der Waals surface area contributed by atoms with Gasteiger partial charge in [-0.3, -0.25) is 4.57 Å². The van der Waals surface area contributed by atoms with Gasteiger partial charge in [0.15, 0.2) is 11.4 Å². The van der Waals surface area contributed by atoms with Gasteiger partial charge in [-0.2, -0.15) is 15.8 Å². The second-order valence-corrected chi connectivity index (χ2v) is 3.42. The highest BCUT2D eigenvalue weighted by molar-refractivity contribution is 5.62. The summed E-state index contributed by atoms with van der Waals surface area (Å²) in [6, 6.07) is 10.4. The zero-order chi connectivity index (χ0) is 13.1. The van der Waals surface area contributed by atoms with Gasteiger partial charge in [0.25, 0.3) is 0 Å². The predicted molar refractivity (Wildman–Crippen MR) is 62.1 cm³/mol. The third-order valence-electron chi connectivity index (χ3n) is 2.40. The van der Waals surface area contributed by atoms with Crippen molar-refractivity contribution in [3.05, 3.63) is 41.5 Å². The molecule has 6 heteroatoms. The predicted octanol–water partition coefficient (Wildman–Crippen LogP) is 1.07. The summed E-state index contributed by atoms with van der Waals surface area (Å²) in [6.07, 6.45) is 1.36. The highest BCUT2D eigenvalue weighted by Gasteiger charge is 2.13. The van der Waals surface area contributed by atoms with Gasteiger partial charge in [0.1, 0.15) is 18.5 Å². The SMILES string of the molecule is N#Cc1ccc(-n2cnc(C#N)c2C#N)c(N)c1. The van der Waals surface area contributed by atoms with Gasteiger partial charge in [-0.05, 0) is 18.2 Å². The molecular formula is C12H6N6. The van der Waals surface area contributed by atoms with Crippen molar-refractivity contribution in [2.75, 3.05) is 5.73 Å². The first kappa shape index (κ1) is 11.2. The van der Waals surface area contributed by atoms with Gasteiger partial charge in [-0.1, -0.05) is 0 Å². The van der Waals surface area contributed by atoms with Gasteiger partial charge in [0.05, 0.1) is 23.0 Å². The molecule has 0 saturated carbocycles. The molecule has 84 valence electrons. The standard InChI is InChI=1S/C12H6N6/c13-4-8-1-2-11(9(16)3-8)18-7-17-10(5-14)12(18)6-15/h1-3,7H,16H2. The third-order valence-corrected chi connectivity index (χ3v) is 2.40. The fourth-order valence-electron chi connectivity index (χ4n) is 1.56. The molecule has 0 unspecified atom stereocenters. The van der Waals surface area contributed by atoms with Crippen molar-refractivity contribution in [1.82, 2.24) is 9.55 Å². The van der Waals surface area contributed by atoms with Crippen LogP contribution in [0.3, 0.4) is 0 Å². The number of nitriles is 3. The minimum Gasteiger partial charge on any atom is -0.397 e. The Hall–Kier alpha value is -3.30. The first-order valence-electron chi connectivity index (χ1n) is 4.88. The number of hydrogen-bond acceptors (Lipinski definition) is 5. The fourth-order valence-corrected chi connectivity index (χ4v) is 1.56. The quantitative estimate of drug-likeness (QED) is 0.741. The first-order valence-corrected chi connectivity index (χ1v) is 4.88. The van der Waals surface area contributed by atoms with E-state index in [1.165, 1.54) is 17.0 Å². The van der Waals surface area contributed by atoms with E-state index in [0.29, 0.717) is 16.9 Å². The molecule has 0 bridgehead atoms. The van der Waals surface area contributed by atoms with Crippen molar-refractivity contribution in [3.63, 3.8) is 0 Å². The first-order chi connectivity index (χ1) is 8.71. The van der Waals surface area contributed by atoms with Gasteiger partial charge >= 0.3 is 0 Å². The van der Waals surface area contributed by atoms with E-state index in [1.807, 2.05) is 18.2 Å². The molecule has 0 atom stereocenters. The minimum absolute atomic E-state index is 0.0428. The number of aromatic nitrogens is 2. The Kier molecular flexibility index (Phi) is 2.67. The molecule has 0 amide bonds. The molecule has 0 saturated heterocycles. The molecule has 1 aromatic heterocycles. The number of rotatable bonds is 1. The van der Waals surface area contributed by atoms with Gasteiger partial charge in [-0.25, -0.2) is 4.98 Å². The van der Waals surface area contributed by atoms with E-state index in [9.17, 15) is 0 Å². The van der Waals surface area contributed by atoms with Crippen LogP contribution in [0.25, 0.3) is 5.69 Å². The summed E-state index contributed by atoms with van der Waals surface area (Å²) in [6.45, 7) is 0. The normalized spacial score (nSPS) is 9.17. The Labute approximate surface area is 103 Å². The van der Waals surface area contributed by atoms with Gasteiger partial charge < -0.3 is 5.73 Å². The van der Waals surface area contributed by atoms with E-state index >= 15 is 0 Å². The maximum absolute atomic E-state index is 9.02. The Balaban J connectivity index is 2.65. The van der Waals surface area contributed by atoms with Crippen molar-refractivity contribution in [2.24, 2.45) is 0 Å². The van der Waals surface area contributed by atoms with Crippen LogP contribution in [0.5, 0.6) is 0 Å². The molecule has 18 heavy (non-hydrogen) atoms. The van der Waals surface area contributed by atoms with Crippen LogP contribution in [0, 0.1) is 34.0 Å². The Morgan fingerprint density at radius 3 is 2.44 bits per heavy atom. The molecule has 2 N–H and O–H groups in total. The number of imidazole rings is 1. The largest absolute Gasteiger partial charge is 0.397 e. The Morgan fingerprint density at radius 1 is 1.11 bits per heavy atom. The third kappa shape index (κ3) is 1.63. The molecule has 1 heterocycles. The average molecular weight is 234 g/mol. The molecule has 2 rings (SSSR count). The summed E-state index contributed by atoms with van der Waals surface area (Å²) in [7, 11) is 0. The van der Waals surface area contributed by atoms with Crippen LogP contribution in [0.4, 0.5) is 5.69 Å². The van der Waals surface area contributed by atoms with Crippen molar-refractivity contribution >= 4 is 5.69 Å². The van der Waals surface area contributed by atoms with E-state index in [2.05, 4.69) is 4.98 Å². The molecule has 0 aliphatic rings. The molecule has 1 aromatic carbocycles. The van der Waals surface area contributed by atoms with E-state index in [-0.39, 0.29) is 11.4 Å². The lowest BCUT2D eigenvalue weighted by molar-refractivity contribution is 1.04. The molecule has 0 fully saturated rings. The van der Waals surface area contributed by atoms with E-state index in [4.69, 9.17) is 21.5 Å². The zero-order valence-electron chi connectivity index (χ0n) is 9.12. The monoisotopic (exact) mass is 234 g/mol. The fraction of sp³-hybridized carbons (Fsp3) is 0. The lowest BCUT2D eigenvalue weighted by Gasteiger charge is -2.07. The summed E-state index contributed by atoms with van der Waals surface area (Å²) in [4.78, 5) is 3.82. The van der Waals surface area contributed by atoms with Crippen LogP contribution in [-0.4, -0.2) is 9.55 Å². The molecule has 0 spiro atoms. The topological polar surface area (TPSA) is 115 Å². The molecule has 0 aliphatic heterocycles. The number of nitrogens with two attached hydrogens (primary N) is 1. The van der Waals surface area contributed by atoms with Crippen molar-refractivity contribution in [3.8, 4) is 23.9 Å². The number of nitrogens with zero attached hydrogens (tertiary/aromatic N) is 5. The number of hydrogen-bond donors (Lipinski definition) is 1. The van der Waals surface area contributed by atoms with Gasteiger partial charge in [0.2, 0.25) is 0 Å². The minimum atomic E-state index is 0.0428. The molecular weight excluding hydrogens is 228 g/mol. The molecule has 2 aromatic rings. The summed E-state index contributed by atoms with van der Waals surface area (Å²) in [5.74, 6) is 0. The summed E-state index contributed by atoms with van der Waals surface area (Å²) in [5, 5.41) is 26.6. The highest BCUT2D eigenvalue weighted by atomic mass is 15.1. The smallest absolute Gasteiger partial charge is 0.177 e. The van der Waals surface area contributed by atoms with Crippen molar-refractivity contribution < 1.29 is 0 Å². The van der Waals surface area contributed by atoms with Crippen molar-refractivity contribution in [2.45, 2.75) is 0 Å². The van der Waals surface area contributed by atoms with Crippen molar-refractivity contribution in [1.29, 1.82) is 15.8 Å². The highest BCUT2D eigenvalue weighted by Crippen LogP contribution is 2.21. The van der Waals surface area contributed by atoms with Crippen LogP contribution in [0.15, 0.2) is 24.5 Å². The van der Waals surface area contributed by atoms with Crippen LogP contribution < -0.4 is 5.73 Å². The van der Waals surface area contributed by atoms with Crippen LogP contribution in [0.1, 0.15) is 17.0 Å². The Morgan fingerprint density at radius 2 is 1.89 bits per heavy atom. The van der Waals surface area contributed by atoms with E-state index in [1.54, 1.807) is 12.1 Å². The maximum atomic E-state index is 9.02. The average Bonchev–Trinajstić information content (AvgIpc) is 2.81. The molecule has 0 aliphatic carbocycles. The Bertz CT molecular complexity index is 735. The number of nitrogen functional groups attached to an aromatic ring is 1. The second kappa shape index (κ2) is 4.29. The van der Waals surface area contributed by atoms with Crippen LogP contribution in [0.2, 0.25) is 0 Å². The van der Waals surface area contributed by atoms with Crippen LogP contribution in [-0.2, 0) is 0 Å². The van der Waals surface area contributed by atoms with Gasteiger partial charge in [0, 0.05) is 0 Å².